The molecule has 1 N–H and O–H groups in total. The van der Waals surface area contributed by atoms with Crippen LogP contribution in [0.3, 0.4) is 0 Å². The second-order valence-electron chi connectivity index (χ2n) is 6.56. The smallest absolute Gasteiger partial charge is 0.166 e. The standard InChI is InChI=1S/C21H25Cl2NO2.ClH/c1-2-25-20-9-5-6-15(13-24-18-7-3-4-8-18)21(20)26-14-16-10-11-17(22)12-19(16)23;/h5-6,9-12,18,24H,2-4,7-8,13-14H2,1H3;1H. The van der Waals surface area contributed by atoms with Gasteiger partial charge in [-0.25, -0.2) is 0 Å². The van der Waals surface area contributed by atoms with Crippen LogP contribution < -0.4 is 14.8 Å². The lowest BCUT2D eigenvalue weighted by atomic mass is 10.1. The molecule has 27 heavy (non-hydrogen) atoms. The number of rotatable bonds is 8. The van der Waals surface area contributed by atoms with E-state index in [-0.39, 0.29) is 12.4 Å². The minimum absolute atomic E-state index is 0. The Morgan fingerprint density at radius 3 is 2.52 bits per heavy atom. The Hall–Kier alpha value is -1.13. The molecule has 6 heteroatoms. The van der Waals surface area contributed by atoms with Gasteiger partial charge < -0.3 is 14.8 Å². The molecule has 0 heterocycles. The zero-order chi connectivity index (χ0) is 18.4. The molecule has 0 radical (unpaired) electrons. The van der Waals surface area contributed by atoms with E-state index in [1.807, 2.05) is 31.2 Å². The average molecular weight is 431 g/mol. The van der Waals surface area contributed by atoms with Gasteiger partial charge in [-0.1, -0.05) is 54.2 Å². The molecule has 0 spiro atoms. The van der Waals surface area contributed by atoms with Crippen molar-refractivity contribution in [3.63, 3.8) is 0 Å². The molecule has 0 aliphatic heterocycles. The molecule has 0 bridgehead atoms. The van der Waals surface area contributed by atoms with E-state index in [4.69, 9.17) is 32.7 Å². The van der Waals surface area contributed by atoms with E-state index < -0.39 is 0 Å². The first-order valence-electron chi connectivity index (χ1n) is 9.22. The molecule has 148 valence electrons. The third kappa shape index (κ3) is 6.18. The molecule has 0 amide bonds. The van der Waals surface area contributed by atoms with Crippen LogP contribution in [0.2, 0.25) is 10.0 Å². The number of hydrogen-bond donors (Lipinski definition) is 1. The molecule has 3 nitrogen and oxygen atoms in total. The van der Waals surface area contributed by atoms with Crippen LogP contribution in [0.1, 0.15) is 43.7 Å². The van der Waals surface area contributed by atoms with Gasteiger partial charge in [0, 0.05) is 33.8 Å². The van der Waals surface area contributed by atoms with Gasteiger partial charge in [-0.3, -0.25) is 0 Å². The number of ether oxygens (including phenoxy) is 2. The maximum atomic E-state index is 6.28. The predicted molar refractivity (Wildman–Crippen MR) is 115 cm³/mol. The van der Waals surface area contributed by atoms with E-state index in [1.165, 1.54) is 25.7 Å². The average Bonchev–Trinajstić information content (AvgIpc) is 3.14. The summed E-state index contributed by atoms with van der Waals surface area (Å²) >= 11 is 12.3. The molecular weight excluding hydrogens is 405 g/mol. The van der Waals surface area contributed by atoms with Gasteiger partial charge in [0.2, 0.25) is 0 Å². The molecule has 1 aliphatic carbocycles. The Morgan fingerprint density at radius 2 is 1.81 bits per heavy atom. The van der Waals surface area contributed by atoms with Gasteiger partial charge in [-0.15, -0.1) is 12.4 Å². The second kappa shape index (κ2) is 11.0. The van der Waals surface area contributed by atoms with Gasteiger partial charge in [0.15, 0.2) is 11.5 Å². The Balaban J connectivity index is 0.00000261. The minimum atomic E-state index is 0. The summed E-state index contributed by atoms with van der Waals surface area (Å²) in [6.07, 6.45) is 5.13. The van der Waals surface area contributed by atoms with Crippen molar-refractivity contribution in [2.75, 3.05) is 6.61 Å². The fourth-order valence-corrected chi connectivity index (χ4v) is 3.77. The number of nitrogens with one attached hydrogen (secondary N) is 1. The van der Waals surface area contributed by atoms with E-state index in [9.17, 15) is 0 Å². The first-order valence-corrected chi connectivity index (χ1v) is 9.97. The molecule has 0 unspecified atom stereocenters. The van der Waals surface area contributed by atoms with Crippen LogP contribution >= 0.6 is 35.6 Å². The van der Waals surface area contributed by atoms with Gasteiger partial charge in [-0.2, -0.15) is 0 Å². The topological polar surface area (TPSA) is 30.5 Å². The lowest BCUT2D eigenvalue weighted by Crippen LogP contribution is -2.25. The van der Waals surface area contributed by atoms with Crippen molar-refractivity contribution in [3.8, 4) is 11.5 Å². The van der Waals surface area contributed by atoms with Crippen LogP contribution in [-0.2, 0) is 13.2 Å². The van der Waals surface area contributed by atoms with Gasteiger partial charge >= 0.3 is 0 Å². The van der Waals surface area contributed by atoms with Crippen molar-refractivity contribution in [2.45, 2.75) is 51.8 Å². The van der Waals surface area contributed by atoms with E-state index >= 15 is 0 Å². The van der Waals surface area contributed by atoms with Crippen molar-refractivity contribution < 1.29 is 9.47 Å². The molecule has 3 rings (SSSR count). The first kappa shape index (κ1) is 22.2. The first-order chi connectivity index (χ1) is 12.7. The van der Waals surface area contributed by atoms with Crippen LogP contribution in [0.4, 0.5) is 0 Å². The number of hydrogen-bond acceptors (Lipinski definition) is 3. The zero-order valence-corrected chi connectivity index (χ0v) is 17.8. The highest BCUT2D eigenvalue weighted by Crippen LogP contribution is 2.33. The Morgan fingerprint density at radius 1 is 1.04 bits per heavy atom. The van der Waals surface area contributed by atoms with Crippen LogP contribution in [-0.4, -0.2) is 12.6 Å². The molecule has 0 aromatic heterocycles. The highest BCUT2D eigenvalue weighted by Gasteiger charge is 2.17. The van der Waals surface area contributed by atoms with Crippen LogP contribution in [0.25, 0.3) is 0 Å². The predicted octanol–water partition coefficient (Wildman–Crippen LogP) is 6.43. The summed E-state index contributed by atoms with van der Waals surface area (Å²) in [5, 5.41) is 4.87. The van der Waals surface area contributed by atoms with Gasteiger partial charge in [-0.05, 0) is 38.0 Å². The maximum Gasteiger partial charge on any atom is 0.166 e. The van der Waals surface area contributed by atoms with E-state index in [1.54, 1.807) is 6.07 Å². The fourth-order valence-electron chi connectivity index (χ4n) is 3.31. The number of para-hydroxylation sites is 1. The molecule has 1 saturated carbocycles. The quantitative estimate of drug-likeness (QED) is 0.524. The molecule has 0 saturated heterocycles. The highest BCUT2D eigenvalue weighted by molar-refractivity contribution is 6.35. The summed E-state index contributed by atoms with van der Waals surface area (Å²) in [6, 6.07) is 12.1. The minimum Gasteiger partial charge on any atom is -0.490 e. The SMILES string of the molecule is CCOc1cccc(CNC2CCCC2)c1OCc1ccc(Cl)cc1Cl.Cl. The van der Waals surface area contributed by atoms with Gasteiger partial charge in [0.05, 0.1) is 6.61 Å². The number of benzene rings is 2. The van der Waals surface area contributed by atoms with Crippen molar-refractivity contribution in [3.05, 3.63) is 57.6 Å². The van der Waals surface area contributed by atoms with Crippen molar-refractivity contribution in [1.29, 1.82) is 0 Å². The monoisotopic (exact) mass is 429 g/mol. The van der Waals surface area contributed by atoms with E-state index in [2.05, 4.69) is 11.4 Å². The largest absolute Gasteiger partial charge is 0.490 e. The summed E-state index contributed by atoms with van der Waals surface area (Å²) in [4.78, 5) is 0. The lowest BCUT2D eigenvalue weighted by Gasteiger charge is -2.18. The summed E-state index contributed by atoms with van der Waals surface area (Å²) in [5.74, 6) is 1.55. The fraction of sp³-hybridized carbons (Fsp3) is 0.429. The van der Waals surface area contributed by atoms with E-state index in [0.29, 0.717) is 29.3 Å². The molecular formula is C21H26Cl3NO2. The molecule has 1 aliphatic rings. The summed E-state index contributed by atoms with van der Waals surface area (Å²) in [6.45, 7) is 3.71. The summed E-state index contributed by atoms with van der Waals surface area (Å²) in [5.41, 5.74) is 2.00. The van der Waals surface area contributed by atoms with Gasteiger partial charge in [0.1, 0.15) is 6.61 Å². The van der Waals surface area contributed by atoms with Crippen molar-refractivity contribution >= 4 is 35.6 Å². The third-order valence-corrected chi connectivity index (χ3v) is 5.27. The Labute approximate surface area is 177 Å². The third-order valence-electron chi connectivity index (χ3n) is 4.68. The molecule has 1 fully saturated rings. The molecule has 2 aromatic rings. The van der Waals surface area contributed by atoms with E-state index in [0.717, 1.165) is 29.2 Å². The second-order valence-corrected chi connectivity index (χ2v) is 7.41. The summed E-state index contributed by atoms with van der Waals surface area (Å²) in [7, 11) is 0. The maximum absolute atomic E-state index is 6.28. The Bertz CT molecular complexity index is 733. The van der Waals surface area contributed by atoms with Crippen molar-refractivity contribution in [2.24, 2.45) is 0 Å². The molecule has 2 aromatic carbocycles. The van der Waals surface area contributed by atoms with Crippen molar-refractivity contribution in [1.82, 2.24) is 5.32 Å². The highest BCUT2D eigenvalue weighted by atomic mass is 35.5. The Kier molecular flexibility index (Phi) is 9.04. The normalized spacial score (nSPS) is 14.0. The van der Waals surface area contributed by atoms with Crippen LogP contribution in [0.15, 0.2) is 36.4 Å². The lowest BCUT2D eigenvalue weighted by molar-refractivity contribution is 0.265. The zero-order valence-electron chi connectivity index (χ0n) is 15.5. The molecule has 0 atom stereocenters. The van der Waals surface area contributed by atoms with Crippen LogP contribution in [0, 0.1) is 0 Å². The van der Waals surface area contributed by atoms with Crippen LogP contribution in [0.5, 0.6) is 11.5 Å². The summed E-state index contributed by atoms with van der Waals surface area (Å²) < 4.78 is 11.9. The van der Waals surface area contributed by atoms with Gasteiger partial charge in [0.25, 0.3) is 0 Å². The number of halogens is 3.